The lowest BCUT2D eigenvalue weighted by Crippen LogP contribution is -2.29. The van der Waals surface area contributed by atoms with Crippen molar-refractivity contribution >= 4 is 21.0 Å². The molecule has 1 aromatic rings. The Morgan fingerprint density at radius 2 is 1.52 bits per heavy atom. The van der Waals surface area contributed by atoms with Crippen LogP contribution in [0.4, 0.5) is 0 Å². The van der Waals surface area contributed by atoms with E-state index in [4.69, 9.17) is 0 Å². The summed E-state index contributed by atoms with van der Waals surface area (Å²) < 4.78 is 1.81. The molecule has 0 bridgehead atoms. The Bertz CT molecular complexity index is 712. The zero-order valence-electron chi connectivity index (χ0n) is 12.7. The summed E-state index contributed by atoms with van der Waals surface area (Å²) >= 11 is 0. The smallest absolute Gasteiger partial charge is 0.227 e. The Morgan fingerprint density at radius 3 is 1.96 bits per heavy atom. The second-order valence-corrected chi connectivity index (χ2v) is 6.49. The molecule has 3 aliphatic heterocycles. The van der Waals surface area contributed by atoms with Gasteiger partial charge in [-0.05, 0) is 9.39 Å². The lowest BCUT2D eigenvalue weighted by Gasteiger charge is -2.21. The Kier molecular flexibility index (Phi) is 3.45. The first kappa shape index (κ1) is 14.5. The molecule has 0 saturated carbocycles. The Balaban J connectivity index is 0.000000192. The number of nitrogens with zero attached hydrogens (tertiary/aromatic N) is 5. The van der Waals surface area contributed by atoms with Crippen LogP contribution >= 0.6 is 9.39 Å². The van der Waals surface area contributed by atoms with E-state index in [0.29, 0.717) is 17.1 Å². The molecule has 0 amide bonds. The van der Waals surface area contributed by atoms with Crippen molar-refractivity contribution in [2.75, 3.05) is 39.3 Å². The zero-order valence-corrected chi connectivity index (χ0v) is 13.8. The van der Waals surface area contributed by atoms with Crippen LogP contribution in [0.1, 0.15) is 0 Å². The van der Waals surface area contributed by atoms with Gasteiger partial charge in [-0.1, -0.05) is 0 Å². The lowest BCUT2D eigenvalue weighted by atomic mass is 10.0. The van der Waals surface area contributed by atoms with Crippen molar-refractivity contribution in [3.05, 3.63) is 41.9 Å². The minimum atomic E-state index is 0.00546. The van der Waals surface area contributed by atoms with Gasteiger partial charge in [-0.25, -0.2) is 4.98 Å². The summed E-state index contributed by atoms with van der Waals surface area (Å²) in [6.07, 6.45) is 6.82. The Hall–Kier alpha value is -2.14. The summed E-state index contributed by atoms with van der Waals surface area (Å²) in [4.78, 5) is 34.2. The minimum Gasteiger partial charge on any atom is -0.365 e. The maximum Gasteiger partial charge on any atom is 0.227 e. The van der Waals surface area contributed by atoms with E-state index < -0.39 is 0 Å². The standard InChI is InChI=1S/C12H13N3O2.C3H5N2P/c16-9-7-8(13-1-2-13)12(17)11(15-5-6-15)10(9)14-3-4-14;6-5-2-1-4-3-5/h7H,1-6H2;1-3H,6H2. The molecule has 0 N–H and O–H groups in total. The molecular formula is C15H18N5O2P. The molecule has 120 valence electrons. The van der Waals surface area contributed by atoms with E-state index in [1.54, 1.807) is 16.9 Å². The molecular weight excluding hydrogens is 313 g/mol. The molecule has 3 saturated heterocycles. The molecule has 3 fully saturated rings. The average molecular weight is 331 g/mol. The Morgan fingerprint density at radius 1 is 0.913 bits per heavy atom. The number of carbonyl (C=O) groups is 2. The number of Topliss-reactive ketones (excluding diaryl/α,β-unsaturated/α-hetero) is 1. The summed E-state index contributed by atoms with van der Waals surface area (Å²) in [5.74, 6) is 0.0485. The normalized spacial score (nSPS) is 22.0. The van der Waals surface area contributed by atoms with Gasteiger partial charge >= 0.3 is 0 Å². The van der Waals surface area contributed by atoms with Gasteiger partial charge in [0.1, 0.15) is 11.4 Å². The topological polar surface area (TPSA) is 61.0 Å². The molecule has 1 unspecified atom stereocenters. The van der Waals surface area contributed by atoms with Crippen molar-refractivity contribution in [2.45, 2.75) is 0 Å². The lowest BCUT2D eigenvalue weighted by molar-refractivity contribution is -0.117. The molecule has 1 atom stereocenters. The van der Waals surface area contributed by atoms with Crippen LogP contribution in [0, 0.1) is 0 Å². The molecule has 0 radical (unpaired) electrons. The monoisotopic (exact) mass is 331 g/mol. The fourth-order valence-corrected chi connectivity index (χ4v) is 2.70. The van der Waals surface area contributed by atoms with Crippen LogP contribution in [0.2, 0.25) is 0 Å². The molecule has 8 heteroatoms. The number of imidazole rings is 1. The third kappa shape index (κ3) is 3.01. The van der Waals surface area contributed by atoms with Crippen molar-refractivity contribution in [2.24, 2.45) is 0 Å². The molecule has 4 aliphatic rings. The summed E-state index contributed by atoms with van der Waals surface area (Å²) in [7, 11) is 2.47. The number of aromatic nitrogens is 2. The van der Waals surface area contributed by atoms with Gasteiger partial charge in [0.05, 0.1) is 12.0 Å². The highest BCUT2D eigenvalue weighted by Gasteiger charge is 2.43. The Labute approximate surface area is 136 Å². The highest BCUT2D eigenvalue weighted by molar-refractivity contribution is 7.14. The van der Waals surface area contributed by atoms with Gasteiger partial charge in [0.15, 0.2) is 0 Å². The number of carbonyl (C=O) groups excluding carboxylic acids is 2. The van der Waals surface area contributed by atoms with E-state index in [9.17, 15) is 9.59 Å². The minimum absolute atomic E-state index is 0.00546. The zero-order chi connectivity index (χ0) is 16.0. The second-order valence-electron chi connectivity index (χ2n) is 5.89. The van der Waals surface area contributed by atoms with Gasteiger partial charge in [0.2, 0.25) is 11.6 Å². The van der Waals surface area contributed by atoms with E-state index in [1.165, 1.54) is 6.08 Å². The van der Waals surface area contributed by atoms with Gasteiger partial charge in [0.25, 0.3) is 0 Å². The molecule has 1 aliphatic carbocycles. The number of hydrogen-bond donors (Lipinski definition) is 0. The van der Waals surface area contributed by atoms with Crippen LogP contribution in [-0.2, 0) is 9.59 Å². The summed E-state index contributed by atoms with van der Waals surface area (Å²) in [5.41, 5.74) is 1.89. The van der Waals surface area contributed by atoms with E-state index >= 15 is 0 Å². The quantitative estimate of drug-likeness (QED) is 0.431. The van der Waals surface area contributed by atoms with Crippen LogP contribution < -0.4 is 0 Å². The maximum absolute atomic E-state index is 12.4. The number of ketones is 2. The van der Waals surface area contributed by atoms with Gasteiger partial charge in [-0.15, -0.1) is 0 Å². The number of allylic oxidation sites excluding steroid dienone is 1. The fraction of sp³-hybridized carbons (Fsp3) is 0.400. The molecule has 23 heavy (non-hydrogen) atoms. The third-order valence-electron chi connectivity index (χ3n) is 4.01. The van der Waals surface area contributed by atoms with Crippen molar-refractivity contribution in [1.29, 1.82) is 0 Å². The predicted octanol–water partition coefficient (Wildman–Crippen LogP) is -0.298. The van der Waals surface area contributed by atoms with Crippen LogP contribution in [0.15, 0.2) is 41.9 Å². The van der Waals surface area contributed by atoms with Crippen molar-refractivity contribution < 1.29 is 9.59 Å². The highest BCUT2D eigenvalue weighted by Crippen LogP contribution is 2.33. The third-order valence-corrected chi connectivity index (χ3v) is 4.32. The van der Waals surface area contributed by atoms with E-state index in [0.717, 1.165) is 39.3 Å². The van der Waals surface area contributed by atoms with Gasteiger partial charge in [-0.3, -0.25) is 9.59 Å². The average Bonchev–Trinajstić information content (AvgIpc) is 3.39. The van der Waals surface area contributed by atoms with Gasteiger partial charge < -0.3 is 19.0 Å². The largest absolute Gasteiger partial charge is 0.365 e. The van der Waals surface area contributed by atoms with Crippen molar-refractivity contribution in [1.82, 2.24) is 24.0 Å². The summed E-state index contributed by atoms with van der Waals surface area (Å²) in [6, 6.07) is 0. The highest BCUT2D eigenvalue weighted by atomic mass is 31.0. The van der Waals surface area contributed by atoms with Crippen LogP contribution in [0.5, 0.6) is 0 Å². The molecule has 1 aromatic heterocycles. The molecule has 0 aromatic carbocycles. The first-order valence-corrected chi connectivity index (χ1v) is 8.19. The summed E-state index contributed by atoms with van der Waals surface area (Å²) in [5, 5.41) is 0. The van der Waals surface area contributed by atoms with Crippen LogP contribution in [-0.4, -0.2) is 74.9 Å². The fourth-order valence-electron chi connectivity index (χ4n) is 2.55. The van der Waals surface area contributed by atoms with Gasteiger partial charge in [-0.2, -0.15) is 0 Å². The molecule has 0 spiro atoms. The molecule has 4 heterocycles. The SMILES string of the molecule is O=C1C=C(N2CC2)C(=O)C(N2CC2)=C1N1CC1.Pn1ccnc1. The van der Waals surface area contributed by atoms with Crippen molar-refractivity contribution in [3.63, 3.8) is 0 Å². The maximum atomic E-state index is 12.4. The first-order chi connectivity index (χ1) is 11.1. The van der Waals surface area contributed by atoms with Crippen molar-refractivity contribution in [3.8, 4) is 0 Å². The number of hydrogen-bond acceptors (Lipinski definition) is 6. The van der Waals surface area contributed by atoms with E-state index in [-0.39, 0.29) is 11.6 Å². The first-order valence-electron chi connectivity index (χ1n) is 7.68. The summed E-state index contributed by atoms with van der Waals surface area (Å²) in [6.45, 7) is 5.41. The second kappa shape index (κ2) is 5.49. The van der Waals surface area contributed by atoms with Crippen LogP contribution in [0.25, 0.3) is 0 Å². The molecule has 7 nitrogen and oxygen atoms in total. The predicted molar refractivity (Wildman–Crippen MR) is 87.2 cm³/mol. The van der Waals surface area contributed by atoms with Gasteiger partial charge in [0, 0.05) is 57.7 Å². The van der Waals surface area contributed by atoms with Crippen LogP contribution in [0.3, 0.4) is 0 Å². The molecule has 5 rings (SSSR count). The van der Waals surface area contributed by atoms with E-state index in [1.807, 2.05) is 20.9 Å². The van der Waals surface area contributed by atoms with E-state index in [2.05, 4.69) is 14.4 Å². The number of rotatable bonds is 3.